The van der Waals surface area contributed by atoms with Crippen LogP contribution in [0.3, 0.4) is 0 Å². The van der Waals surface area contributed by atoms with E-state index < -0.39 is 20.8 Å². The molecule has 1 heterocycles. The van der Waals surface area contributed by atoms with Crippen LogP contribution in [0.4, 0.5) is 10.1 Å². The SMILES string of the molecule is O=C(Cc1ccc([N+](=O)[O-])cc1)N1CCCN(S(=O)(=O)c2ccc(F)cc2)CC1. The van der Waals surface area contributed by atoms with Gasteiger partial charge >= 0.3 is 0 Å². The third-order valence-corrected chi connectivity index (χ3v) is 6.67. The Morgan fingerprint density at radius 2 is 1.66 bits per heavy atom. The predicted molar refractivity (Wildman–Crippen MR) is 103 cm³/mol. The number of sulfonamides is 1. The van der Waals surface area contributed by atoms with Crippen LogP contribution in [0.5, 0.6) is 0 Å². The Morgan fingerprint density at radius 3 is 2.28 bits per heavy atom. The van der Waals surface area contributed by atoms with Crippen molar-refractivity contribution in [1.29, 1.82) is 0 Å². The Kier molecular flexibility index (Phi) is 6.23. The fourth-order valence-electron chi connectivity index (χ4n) is 3.16. The second-order valence-electron chi connectivity index (χ2n) is 6.69. The van der Waals surface area contributed by atoms with Gasteiger partial charge in [-0.1, -0.05) is 12.1 Å². The molecule has 0 aromatic heterocycles. The molecule has 0 atom stereocenters. The highest BCUT2D eigenvalue weighted by atomic mass is 32.2. The number of nitro groups is 1. The molecule has 154 valence electrons. The number of benzene rings is 2. The fraction of sp³-hybridized carbons (Fsp3) is 0.316. The van der Waals surface area contributed by atoms with E-state index in [0.29, 0.717) is 18.5 Å². The van der Waals surface area contributed by atoms with Gasteiger partial charge in [0.2, 0.25) is 15.9 Å². The topological polar surface area (TPSA) is 101 Å². The van der Waals surface area contributed by atoms with Crippen LogP contribution in [-0.2, 0) is 21.2 Å². The molecular formula is C19H20FN3O5S. The number of carbonyl (C=O) groups is 1. The van der Waals surface area contributed by atoms with E-state index in [1.165, 1.54) is 28.6 Å². The lowest BCUT2D eigenvalue weighted by atomic mass is 10.1. The van der Waals surface area contributed by atoms with Gasteiger partial charge in [-0.2, -0.15) is 4.31 Å². The maximum Gasteiger partial charge on any atom is 0.269 e. The highest BCUT2D eigenvalue weighted by Crippen LogP contribution is 2.19. The Morgan fingerprint density at radius 1 is 1.00 bits per heavy atom. The average molecular weight is 421 g/mol. The average Bonchev–Trinajstić information content (AvgIpc) is 2.95. The monoisotopic (exact) mass is 421 g/mol. The van der Waals surface area contributed by atoms with Crippen LogP contribution in [-0.4, -0.2) is 54.6 Å². The molecular weight excluding hydrogens is 401 g/mol. The lowest BCUT2D eigenvalue weighted by Gasteiger charge is -2.22. The number of hydrogen-bond acceptors (Lipinski definition) is 5. The lowest BCUT2D eigenvalue weighted by molar-refractivity contribution is -0.384. The van der Waals surface area contributed by atoms with E-state index in [1.807, 2.05) is 0 Å². The highest BCUT2D eigenvalue weighted by molar-refractivity contribution is 7.89. The van der Waals surface area contributed by atoms with Crippen LogP contribution in [0.2, 0.25) is 0 Å². The molecule has 1 saturated heterocycles. The maximum absolute atomic E-state index is 13.1. The zero-order chi connectivity index (χ0) is 21.0. The first-order chi connectivity index (χ1) is 13.8. The van der Waals surface area contributed by atoms with E-state index in [1.54, 1.807) is 17.0 Å². The van der Waals surface area contributed by atoms with Crippen molar-refractivity contribution in [1.82, 2.24) is 9.21 Å². The number of nitro benzene ring substituents is 1. The predicted octanol–water partition coefficient (Wildman–Crippen LogP) is 2.20. The Labute approximate surface area is 167 Å². The number of nitrogens with zero attached hydrogens (tertiary/aromatic N) is 3. The van der Waals surface area contributed by atoms with E-state index in [2.05, 4.69) is 0 Å². The molecule has 0 radical (unpaired) electrons. The molecule has 0 N–H and O–H groups in total. The van der Waals surface area contributed by atoms with Crippen molar-refractivity contribution in [3.05, 3.63) is 70.0 Å². The van der Waals surface area contributed by atoms with Gasteiger partial charge < -0.3 is 4.90 Å². The molecule has 0 saturated carbocycles. The molecule has 0 aliphatic carbocycles. The number of rotatable bonds is 5. The lowest BCUT2D eigenvalue weighted by Crippen LogP contribution is -2.38. The van der Waals surface area contributed by atoms with E-state index in [9.17, 15) is 27.7 Å². The van der Waals surface area contributed by atoms with Gasteiger partial charge in [-0.15, -0.1) is 0 Å². The van der Waals surface area contributed by atoms with E-state index in [4.69, 9.17) is 0 Å². The van der Waals surface area contributed by atoms with Crippen LogP contribution in [0.1, 0.15) is 12.0 Å². The molecule has 0 unspecified atom stereocenters. The van der Waals surface area contributed by atoms with Gasteiger partial charge in [-0.05, 0) is 36.2 Å². The summed E-state index contributed by atoms with van der Waals surface area (Å²) >= 11 is 0. The summed E-state index contributed by atoms with van der Waals surface area (Å²) in [6, 6.07) is 10.4. The Hall–Kier alpha value is -2.85. The highest BCUT2D eigenvalue weighted by Gasteiger charge is 2.28. The molecule has 0 spiro atoms. The molecule has 1 amide bonds. The van der Waals surface area contributed by atoms with Crippen molar-refractivity contribution in [2.75, 3.05) is 26.2 Å². The first kappa shape index (κ1) is 20.9. The van der Waals surface area contributed by atoms with Gasteiger partial charge in [0.05, 0.1) is 16.2 Å². The Balaban J connectivity index is 1.63. The van der Waals surface area contributed by atoms with Crippen molar-refractivity contribution in [3.63, 3.8) is 0 Å². The third-order valence-electron chi connectivity index (χ3n) is 4.76. The van der Waals surface area contributed by atoms with Crippen LogP contribution in [0.15, 0.2) is 53.4 Å². The number of carbonyl (C=O) groups excluding carboxylic acids is 1. The molecule has 2 aromatic carbocycles. The van der Waals surface area contributed by atoms with Gasteiger partial charge in [0.1, 0.15) is 5.82 Å². The van der Waals surface area contributed by atoms with Gasteiger partial charge in [0.15, 0.2) is 0 Å². The number of amides is 1. The summed E-state index contributed by atoms with van der Waals surface area (Å²) in [5.74, 6) is -0.678. The standard InChI is InChI=1S/C19H20FN3O5S/c20-16-4-8-18(9-5-16)29(27,28)22-11-1-10-21(12-13-22)19(24)14-15-2-6-17(7-3-15)23(25)26/h2-9H,1,10-14H2. The van der Waals surface area contributed by atoms with E-state index in [-0.39, 0.29) is 42.5 Å². The summed E-state index contributed by atoms with van der Waals surface area (Å²) in [4.78, 5) is 24.4. The van der Waals surface area contributed by atoms with Gasteiger partial charge in [0.25, 0.3) is 5.69 Å². The summed E-state index contributed by atoms with van der Waals surface area (Å²) in [7, 11) is -3.76. The van der Waals surface area contributed by atoms with Crippen molar-refractivity contribution in [2.24, 2.45) is 0 Å². The first-order valence-corrected chi connectivity index (χ1v) is 10.5. The zero-order valence-electron chi connectivity index (χ0n) is 15.5. The van der Waals surface area contributed by atoms with Gasteiger partial charge in [-0.3, -0.25) is 14.9 Å². The molecule has 8 nitrogen and oxygen atoms in total. The number of non-ortho nitro benzene ring substituents is 1. The van der Waals surface area contributed by atoms with Crippen molar-refractivity contribution < 1.29 is 22.5 Å². The minimum absolute atomic E-state index is 0.0181. The molecule has 1 fully saturated rings. The quantitative estimate of drug-likeness (QED) is 0.544. The summed E-state index contributed by atoms with van der Waals surface area (Å²) in [6.07, 6.45) is 0.565. The zero-order valence-corrected chi connectivity index (χ0v) is 16.3. The fourth-order valence-corrected chi connectivity index (χ4v) is 4.63. The van der Waals surface area contributed by atoms with E-state index >= 15 is 0 Å². The van der Waals surface area contributed by atoms with Gasteiger partial charge in [0, 0.05) is 38.3 Å². The minimum atomic E-state index is -3.76. The molecule has 1 aliphatic heterocycles. The molecule has 0 bridgehead atoms. The summed E-state index contributed by atoms with van der Waals surface area (Å²) in [5, 5.41) is 10.7. The number of hydrogen-bond donors (Lipinski definition) is 0. The summed E-state index contributed by atoms with van der Waals surface area (Å²) < 4.78 is 39.9. The van der Waals surface area contributed by atoms with Crippen LogP contribution < -0.4 is 0 Å². The maximum atomic E-state index is 13.1. The van der Waals surface area contributed by atoms with Gasteiger partial charge in [-0.25, -0.2) is 12.8 Å². The molecule has 2 aromatic rings. The van der Waals surface area contributed by atoms with Crippen LogP contribution in [0, 0.1) is 15.9 Å². The molecule has 1 aliphatic rings. The van der Waals surface area contributed by atoms with Crippen LogP contribution in [0.25, 0.3) is 0 Å². The van der Waals surface area contributed by atoms with Crippen molar-refractivity contribution >= 4 is 21.6 Å². The smallest absolute Gasteiger partial charge is 0.269 e. The molecule has 10 heteroatoms. The Bertz CT molecular complexity index is 994. The largest absolute Gasteiger partial charge is 0.341 e. The van der Waals surface area contributed by atoms with Crippen molar-refractivity contribution in [3.8, 4) is 0 Å². The number of halogens is 1. The molecule has 29 heavy (non-hydrogen) atoms. The van der Waals surface area contributed by atoms with E-state index in [0.717, 1.165) is 12.1 Å². The van der Waals surface area contributed by atoms with Crippen LogP contribution >= 0.6 is 0 Å². The first-order valence-electron chi connectivity index (χ1n) is 9.04. The second kappa shape index (κ2) is 8.66. The summed E-state index contributed by atoms with van der Waals surface area (Å²) in [5.41, 5.74) is 0.609. The molecule has 3 rings (SSSR count). The van der Waals surface area contributed by atoms with Crippen molar-refractivity contribution in [2.45, 2.75) is 17.7 Å². The third kappa shape index (κ3) is 4.96. The second-order valence-corrected chi connectivity index (χ2v) is 8.63. The summed E-state index contributed by atoms with van der Waals surface area (Å²) in [6.45, 7) is 1.07. The normalized spacial score (nSPS) is 15.7. The minimum Gasteiger partial charge on any atom is -0.341 e.